The maximum Gasteiger partial charge on any atom is 0.378 e. The fraction of sp³-hybridized carbons (Fsp3) is 0.200. The molecular weight excluding hydrogens is 314 g/mol. The Hall–Kier alpha value is -3.36. The molecule has 0 aliphatic carbocycles. The smallest absolute Gasteiger partial charge is 0.378 e. The Morgan fingerprint density at radius 1 is 1.29 bits per heavy atom. The van der Waals surface area contributed by atoms with Gasteiger partial charge in [0, 0.05) is 23.5 Å². The van der Waals surface area contributed by atoms with Gasteiger partial charge >= 0.3 is 5.97 Å². The van der Waals surface area contributed by atoms with Gasteiger partial charge in [-0.15, -0.1) is 5.10 Å². The molecule has 3 rings (SSSR count). The second kappa shape index (κ2) is 6.03. The van der Waals surface area contributed by atoms with Crippen molar-refractivity contribution in [1.82, 2.24) is 19.6 Å². The Bertz CT molecular complexity index is 950. The van der Waals surface area contributed by atoms with Gasteiger partial charge in [0.25, 0.3) is 17.3 Å². The fourth-order valence-corrected chi connectivity index (χ4v) is 2.23. The third-order valence-electron chi connectivity index (χ3n) is 3.29. The predicted octanol–water partition coefficient (Wildman–Crippen LogP) is 2.01. The molecule has 0 aliphatic heterocycles. The minimum absolute atomic E-state index is 0.0651. The van der Waals surface area contributed by atoms with Crippen molar-refractivity contribution >= 4 is 17.4 Å². The van der Waals surface area contributed by atoms with Crippen LogP contribution in [0.2, 0.25) is 0 Å². The molecule has 2 heterocycles. The summed E-state index contributed by atoms with van der Waals surface area (Å²) >= 11 is 0. The SMILES string of the molecule is Cc1cc(C)n2nc(C(=O)OCc3cccc([N+](=O)[O-])c3)nc2n1. The molecule has 9 nitrogen and oxygen atoms in total. The third-order valence-corrected chi connectivity index (χ3v) is 3.29. The first kappa shape index (κ1) is 15.5. The summed E-state index contributed by atoms with van der Waals surface area (Å²) in [5, 5.41) is 14.8. The molecular formula is C15H13N5O4. The van der Waals surface area contributed by atoms with Crippen LogP contribution in [0.3, 0.4) is 0 Å². The van der Waals surface area contributed by atoms with Gasteiger partial charge in [-0.3, -0.25) is 10.1 Å². The maximum atomic E-state index is 12.1. The van der Waals surface area contributed by atoms with Gasteiger partial charge in [-0.1, -0.05) is 12.1 Å². The van der Waals surface area contributed by atoms with E-state index in [0.29, 0.717) is 11.3 Å². The lowest BCUT2D eigenvalue weighted by Crippen LogP contribution is -2.08. The second-order valence-electron chi connectivity index (χ2n) is 5.19. The zero-order valence-corrected chi connectivity index (χ0v) is 13.0. The minimum atomic E-state index is -0.718. The van der Waals surface area contributed by atoms with E-state index in [-0.39, 0.29) is 18.1 Å². The monoisotopic (exact) mass is 327 g/mol. The quantitative estimate of drug-likeness (QED) is 0.409. The van der Waals surface area contributed by atoms with Crippen molar-refractivity contribution in [3.05, 3.63) is 63.2 Å². The summed E-state index contributed by atoms with van der Waals surface area (Å²) in [5.41, 5.74) is 2.00. The number of aromatic nitrogens is 4. The topological polar surface area (TPSA) is 113 Å². The first-order valence-electron chi connectivity index (χ1n) is 7.05. The van der Waals surface area contributed by atoms with E-state index in [1.54, 1.807) is 6.07 Å². The highest BCUT2D eigenvalue weighted by molar-refractivity contribution is 5.85. The van der Waals surface area contributed by atoms with Gasteiger partial charge < -0.3 is 4.74 Å². The van der Waals surface area contributed by atoms with Gasteiger partial charge in [0.15, 0.2) is 0 Å². The fourth-order valence-electron chi connectivity index (χ4n) is 2.23. The van der Waals surface area contributed by atoms with Crippen molar-refractivity contribution < 1.29 is 14.5 Å². The van der Waals surface area contributed by atoms with Crippen LogP contribution in [0.4, 0.5) is 5.69 Å². The Morgan fingerprint density at radius 3 is 2.83 bits per heavy atom. The molecule has 0 saturated carbocycles. The van der Waals surface area contributed by atoms with E-state index in [4.69, 9.17) is 4.74 Å². The molecule has 3 aromatic rings. The van der Waals surface area contributed by atoms with Crippen LogP contribution in [0.5, 0.6) is 0 Å². The van der Waals surface area contributed by atoms with Gasteiger partial charge in [-0.2, -0.15) is 4.98 Å². The second-order valence-corrected chi connectivity index (χ2v) is 5.19. The number of nitrogens with zero attached hydrogens (tertiary/aromatic N) is 5. The lowest BCUT2D eigenvalue weighted by Gasteiger charge is -2.02. The number of aryl methyl sites for hydroxylation is 2. The van der Waals surface area contributed by atoms with Crippen LogP contribution in [-0.2, 0) is 11.3 Å². The summed E-state index contributed by atoms with van der Waals surface area (Å²) in [6.07, 6.45) is 0. The van der Waals surface area contributed by atoms with E-state index in [0.717, 1.165) is 11.4 Å². The number of hydrogen-bond donors (Lipinski definition) is 0. The molecule has 0 fully saturated rings. The Morgan fingerprint density at radius 2 is 2.08 bits per heavy atom. The number of ether oxygens (including phenoxy) is 1. The van der Waals surface area contributed by atoms with Gasteiger partial charge in [0.05, 0.1) is 4.92 Å². The number of non-ortho nitro benzene ring substituents is 1. The molecule has 0 atom stereocenters. The van der Waals surface area contributed by atoms with Crippen molar-refractivity contribution in [2.75, 3.05) is 0 Å². The third kappa shape index (κ3) is 3.05. The largest absolute Gasteiger partial charge is 0.455 e. The van der Waals surface area contributed by atoms with E-state index >= 15 is 0 Å². The van der Waals surface area contributed by atoms with Crippen molar-refractivity contribution in [2.45, 2.75) is 20.5 Å². The van der Waals surface area contributed by atoms with Crippen molar-refractivity contribution in [2.24, 2.45) is 0 Å². The molecule has 0 spiro atoms. The molecule has 0 radical (unpaired) electrons. The van der Waals surface area contributed by atoms with Crippen LogP contribution in [-0.4, -0.2) is 30.5 Å². The summed E-state index contributed by atoms with van der Waals surface area (Å²) in [6.45, 7) is 3.54. The Labute approximate surface area is 136 Å². The lowest BCUT2D eigenvalue weighted by molar-refractivity contribution is -0.384. The zero-order valence-electron chi connectivity index (χ0n) is 13.0. The van der Waals surface area contributed by atoms with Crippen LogP contribution in [0.15, 0.2) is 30.3 Å². The summed E-state index contributed by atoms with van der Waals surface area (Å²) in [5.74, 6) is -0.513. The summed E-state index contributed by atoms with van der Waals surface area (Å²) < 4.78 is 6.58. The standard InChI is InChI=1S/C15H13N5O4/c1-9-6-10(2)19-15(16-9)17-13(18-19)14(21)24-8-11-4-3-5-12(7-11)20(22)23/h3-7H,8H2,1-2H3. The first-order chi connectivity index (χ1) is 11.4. The summed E-state index contributed by atoms with van der Waals surface area (Å²) in [7, 11) is 0. The number of nitro benzene ring substituents is 1. The average molecular weight is 327 g/mol. The van der Waals surface area contributed by atoms with E-state index in [1.807, 2.05) is 19.9 Å². The number of benzene rings is 1. The van der Waals surface area contributed by atoms with E-state index in [1.165, 1.54) is 22.7 Å². The molecule has 0 bridgehead atoms. The maximum absolute atomic E-state index is 12.1. The molecule has 1 aromatic carbocycles. The molecule has 122 valence electrons. The minimum Gasteiger partial charge on any atom is -0.455 e. The number of hydrogen-bond acceptors (Lipinski definition) is 7. The molecule has 0 aliphatic rings. The zero-order chi connectivity index (χ0) is 17.3. The number of rotatable bonds is 4. The molecule has 2 aromatic heterocycles. The normalized spacial score (nSPS) is 10.8. The van der Waals surface area contributed by atoms with E-state index in [9.17, 15) is 14.9 Å². The molecule has 9 heteroatoms. The molecule has 0 amide bonds. The molecule has 0 N–H and O–H groups in total. The number of carbonyl (C=O) groups is 1. The van der Waals surface area contributed by atoms with Crippen molar-refractivity contribution in [3.63, 3.8) is 0 Å². The van der Waals surface area contributed by atoms with Gasteiger partial charge in [-0.25, -0.2) is 14.3 Å². The highest BCUT2D eigenvalue weighted by atomic mass is 16.6. The number of nitro groups is 1. The van der Waals surface area contributed by atoms with Gasteiger partial charge in [0.1, 0.15) is 6.61 Å². The highest BCUT2D eigenvalue weighted by Crippen LogP contribution is 2.14. The lowest BCUT2D eigenvalue weighted by atomic mass is 10.2. The Kier molecular flexibility index (Phi) is 3.90. The predicted molar refractivity (Wildman–Crippen MR) is 82.5 cm³/mol. The molecule has 0 saturated heterocycles. The molecule has 0 unspecified atom stereocenters. The molecule has 24 heavy (non-hydrogen) atoms. The van der Waals surface area contributed by atoms with Crippen molar-refractivity contribution in [1.29, 1.82) is 0 Å². The van der Waals surface area contributed by atoms with Crippen LogP contribution < -0.4 is 0 Å². The summed E-state index contributed by atoms with van der Waals surface area (Å²) in [6, 6.07) is 7.69. The van der Waals surface area contributed by atoms with Gasteiger partial charge in [-0.05, 0) is 25.5 Å². The summed E-state index contributed by atoms with van der Waals surface area (Å²) in [4.78, 5) is 30.6. The van der Waals surface area contributed by atoms with E-state index < -0.39 is 10.9 Å². The van der Waals surface area contributed by atoms with E-state index in [2.05, 4.69) is 15.1 Å². The van der Waals surface area contributed by atoms with Crippen LogP contribution in [0, 0.1) is 24.0 Å². The highest BCUT2D eigenvalue weighted by Gasteiger charge is 2.17. The average Bonchev–Trinajstić information content (AvgIpc) is 2.97. The number of esters is 1. The van der Waals surface area contributed by atoms with Crippen LogP contribution in [0.1, 0.15) is 27.6 Å². The van der Waals surface area contributed by atoms with Gasteiger partial charge in [0.2, 0.25) is 0 Å². The van der Waals surface area contributed by atoms with Crippen molar-refractivity contribution in [3.8, 4) is 0 Å². The Balaban J connectivity index is 1.77. The number of fused-ring (bicyclic) bond motifs is 1. The van der Waals surface area contributed by atoms with Crippen LogP contribution >= 0.6 is 0 Å². The first-order valence-corrected chi connectivity index (χ1v) is 7.05. The number of carbonyl (C=O) groups excluding carboxylic acids is 1. The van der Waals surface area contributed by atoms with Crippen LogP contribution in [0.25, 0.3) is 5.78 Å².